The smallest absolute Gasteiger partial charge is 0.121 e. The van der Waals surface area contributed by atoms with Crippen LogP contribution >= 0.6 is 0 Å². The third kappa shape index (κ3) is 7.16. The van der Waals surface area contributed by atoms with Crippen LogP contribution in [0.25, 0.3) is 0 Å². The molecule has 0 bridgehead atoms. The molecule has 1 saturated heterocycles. The van der Waals surface area contributed by atoms with Crippen LogP contribution in [0.15, 0.2) is 133 Å². The summed E-state index contributed by atoms with van der Waals surface area (Å²) in [6, 6.07) is 40.4. The van der Waals surface area contributed by atoms with Gasteiger partial charge in [0.15, 0.2) is 0 Å². The van der Waals surface area contributed by atoms with Gasteiger partial charge in [-0.1, -0.05) is 121 Å². The van der Waals surface area contributed by atoms with Crippen molar-refractivity contribution in [2.45, 2.75) is 50.7 Å². The highest BCUT2D eigenvalue weighted by Gasteiger charge is 2.55. The number of hydrogen-bond donors (Lipinski definition) is 0. The molecule has 0 amide bonds. The number of benzene rings is 4. The maximum Gasteiger partial charge on any atom is 0.121 e. The SMILES string of the molecule is C1=C(OCc2ccccc2)[C@@H]2[C@@H](OCc3ccccc3)[C@H](OCc3ccccc3)[C@@H](COCc3ccccc3)N2OC1. The van der Waals surface area contributed by atoms with E-state index < -0.39 is 0 Å². The minimum Gasteiger partial charge on any atom is -0.492 e. The molecule has 6 nitrogen and oxygen atoms in total. The third-order valence-electron chi connectivity index (χ3n) is 7.63. The molecule has 42 heavy (non-hydrogen) atoms. The molecule has 4 aromatic carbocycles. The van der Waals surface area contributed by atoms with Gasteiger partial charge in [0.2, 0.25) is 0 Å². The van der Waals surface area contributed by atoms with Gasteiger partial charge in [0.25, 0.3) is 0 Å². The fourth-order valence-corrected chi connectivity index (χ4v) is 5.53. The second-order valence-electron chi connectivity index (χ2n) is 10.6. The van der Waals surface area contributed by atoms with Crippen LogP contribution in [-0.4, -0.2) is 42.6 Å². The fourth-order valence-electron chi connectivity index (χ4n) is 5.53. The zero-order chi connectivity index (χ0) is 28.4. The molecule has 0 spiro atoms. The van der Waals surface area contributed by atoms with Gasteiger partial charge in [-0.15, -0.1) is 0 Å². The first-order valence-electron chi connectivity index (χ1n) is 14.6. The minimum atomic E-state index is -0.346. The van der Waals surface area contributed by atoms with Crippen molar-refractivity contribution in [2.75, 3.05) is 13.2 Å². The molecule has 6 heteroatoms. The van der Waals surface area contributed by atoms with Crippen LogP contribution in [0.5, 0.6) is 0 Å². The van der Waals surface area contributed by atoms with Crippen LogP contribution in [0, 0.1) is 0 Å². The molecule has 2 heterocycles. The summed E-state index contributed by atoms with van der Waals surface area (Å²) < 4.78 is 26.2. The molecule has 4 atom stereocenters. The zero-order valence-electron chi connectivity index (χ0n) is 23.7. The molecule has 0 aromatic heterocycles. The average molecular weight is 564 g/mol. The van der Waals surface area contributed by atoms with E-state index in [9.17, 15) is 0 Å². The Morgan fingerprint density at radius 1 is 0.571 bits per heavy atom. The first-order valence-corrected chi connectivity index (χ1v) is 14.6. The van der Waals surface area contributed by atoms with Crippen LogP contribution in [0.4, 0.5) is 0 Å². The highest BCUT2D eigenvalue weighted by molar-refractivity contribution is 5.21. The second-order valence-corrected chi connectivity index (χ2v) is 10.6. The van der Waals surface area contributed by atoms with E-state index in [1.807, 2.05) is 83.9 Å². The number of hydroxylamine groups is 2. The minimum absolute atomic E-state index is 0.202. The van der Waals surface area contributed by atoms with Crippen LogP contribution in [-0.2, 0) is 50.2 Å². The molecule has 0 aliphatic carbocycles. The Balaban J connectivity index is 1.26. The van der Waals surface area contributed by atoms with Crippen molar-refractivity contribution in [1.29, 1.82) is 0 Å². The standard InChI is InChI=1S/C36H37NO5/c1-5-13-28(14-6-1)23-38-27-32-35(40-25-30-17-9-3-10-18-30)36(41-26-31-19-11-4-12-20-31)34-33(21-22-42-37(32)34)39-24-29-15-7-2-8-16-29/h1-21,32,34-36H,22-27H2/t32-,34-,35-,36-/m1/s1. The third-order valence-corrected chi connectivity index (χ3v) is 7.63. The predicted octanol–water partition coefficient (Wildman–Crippen LogP) is 6.47. The molecule has 2 aliphatic heterocycles. The van der Waals surface area contributed by atoms with Crippen molar-refractivity contribution >= 4 is 0 Å². The lowest BCUT2D eigenvalue weighted by Gasteiger charge is -2.34. The lowest BCUT2D eigenvalue weighted by atomic mass is 10.0. The van der Waals surface area contributed by atoms with E-state index >= 15 is 0 Å². The number of fused-ring (bicyclic) bond motifs is 1. The van der Waals surface area contributed by atoms with Gasteiger partial charge in [-0.05, 0) is 28.3 Å². The molecular formula is C36H37NO5. The number of nitrogens with zero attached hydrogens (tertiary/aromatic N) is 1. The number of ether oxygens (including phenoxy) is 4. The van der Waals surface area contributed by atoms with E-state index in [0.717, 1.165) is 28.0 Å². The van der Waals surface area contributed by atoms with E-state index in [1.54, 1.807) is 0 Å². The molecule has 0 N–H and O–H groups in total. The van der Waals surface area contributed by atoms with E-state index in [2.05, 4.69) is 48.5 Å². The molecular weight excluding hydrogens is 526 g/mol. The molecule has 216 valence electrons. The predicted molar refractivity (Wildman–Crippen MR) is 161 cm³/mol. The van der Waals surface area contributed by atoms with Crippen LogP contribution < -0.4 is 0 Å². The van der Waals surface area contributed by atoms with Crippen molar-refractivity contribution in [3.8, 4) is 0 Å². The molecule has 0 radical (unpaired) electrons. The second kappa shape index (κ2) is 14.4. The Hall–Kier alpha value is -3.78. The Labute approximate surface area is 248 Å². The quantitative estimate of drug-likeness (QED) is 0.186. The Bertz CT molecular complexity index is 1380. The fraction of sp³-hybridized carbons (Fsp3) is 0.278. The Morgan fingerprint density at radius 2 is 1.05 bits per heavy atom. The number of hydrogen-bond acceptors (Lipinski definition) is 6. The zero-order valence-corrected chi connectivity index (χ0v) is 23.7. The summed E-state index contributed by atoms with van der Waals surface area (Å²) in [5.41, 5.74) is 4.43. The molecule has 4 aromatic rings. The van der Waals surface area contributed by atoms with Gasteiger partial charge >= 0.3 is 0 Å². The van der Waals surface area contributed by atoms with Crippen LogP contribution in [0.2, 0.25) is 0 Å². The van der Waals surface area contributed by atoms with E-state index in [0.29, 0.717) is 39.6 Å². The normalized spacial score (nSPS) is 22.0. The van der Waals surface area contributed by atoms with Gasteiger partial charge in [0.1, 0.15) is 30.6 Å². The Kier molecular flexibility index (Phi) is 9.72. The summed E-state index contributed by atoms with van der Waals surface area (Å²) in [5, 5.41) is 2.00. The monoisotopic (exact) mass is 563 g/mol. The summed E-state index contributed by atoms with van der Waals surface area (Å²) in [6.07, 6.45) is 1.35. The van der Waals surface area contributed by atoms with Gasteiger partial charge in [0, 0.05) is 0 Å². The van der Waals surface area contributed by atoms with Gasteiger partial charge in [-0.3, -0.25) is 4.84 Å². The van der Waals surface area contributed by atoms with Gasteiger partial charge in [-0.25, -0.2) is 0 Å². The highest BCUT2D eigenvalue weighted by atomic mass is 16.7. The summed E-state index contributed by atoms with van der Waals surface area (Å²) in [4.78, 5) is 6.30. The van der Waals surface area contributed by atoms with E-state index in [1.165, 1.54) is 0 Å². The lowest BCUT2D eigenvalue weighted by molar-refractivity contribution is -0.214. The average Bonchev–Trinajstić information content (AvgIpc) is 3.36. The molecule has 0 unspecified atom stereocenters. The number of rotatable bonds is 13. The van der Waals surface area contributed by atoms with Gasteiger partial charge in [0.05, 0.1) is 39.1 Å². The summed E-state index contributed by atoms with van der Waals surface area (Å²) in [6.45, 7) is 2.70. The topological polar surface area (TPSA) is 49.4 Å². The van der Waals surface area contributed by atoms with Crippen LogP contribution in [0.3, 0.4) is 0 Å². The first-order chi connectivity index (χ1) is 20.8. The van der Waals surface area contributed by atoms with Crippen molar-refractivity contribution < 1.29 is 23.8 Å². The highest BCUT2D eigenvalue weighted by Crippen LogP contribution is 2.38. The summed E-state index contributed by atoms with van der Waals surface area (Å²) in [5.74, 6) is 0.835. The van der Waals surface area contributed by atoms with Crippen LogP contribution in [0.1, 0.15) is 22.3 Å². The lowest BCUT2D eigenvalue weighted by Crippen LogP contribution is -2.45. The molecule has 2 aliphatic rings. The van der Waals surface area contributed by atoms with Crippen molar-refractivity contribution in [1.82, 2.24) is 5.06 Å². The van der Waals surface area contributed by atoms with E-state index in [4.69, 9.17) is 23.8 Å². The molecule has 6 rings (SSSR count). The van der Waals surface area contributed by atoms with Crippen molar-refractivity contribution in [3.05, 3.63) is 155 Å². The van der Waals surface area contributed by atoms with Crippen molar-refractivity contribution in [2.24, 2.45) is 0 Å². The molecule has 0 saturated carbocycles. The summed E-state index contributed by atoms with van der Waals surface area (Å²) >= 11 is 0. The maximum atomic E-state index is 6.71. The van der Waals surface area contributed by atoms with Crippen molar-refractivity contribution in [3.63, 3.8) is 0 Å². The largest absolute Gasteiger partial charge is 0.492 e. The summed E-state index contributed by atoms with van der Waals surface area (Å²) in [7, 11) is 0. The Morgan fingerprint density at radius 3 is 1.60 bits per heavy atom. The van der Waals surface area contributed by atoms with E-state index in [-0.39, 0.29) is 24.3 Å². The maximum absolute atomic E-state index is 6.71. The first kappa shape index (κ1) is 28.3. The van der Waals surface area contributed by atoms with Gasteiger partial charge < -0.3 is 18.9 Å². The van der Waals surface area contributed by atoms with Gasteiger partial charge in [-0.2, -0.15) is 5.06 Å². The molecule has 1 fully saturated rings.